The molecule has 2 aliphatic rings. The van der Waals surface area contributed by atoms with Gasteiger partial charge in [-0.25, -0.2) is 9.97 Å². The van der Waals surface area contributed by atoms with Crippen LogP contribution in [0.25, 0.3) is 20.4 Å². The van der Waals surface area contributed by atoms with Crippen LogP contribution in [0.5, 0.6) is 5.75 Å². The van der Waals surface area contributed by atoms with E-state index in [0.29, 0.717) is 19.8 Å². The van der Waals surface area contributed by atoms with Crippen LogP contribution in [0.15, 0.2) is 18.5 Å². The fourth-order valence-electron chi connectivity index (χ4n) is 4.89. The number of ether oxygens (including phenoxy) is 2. The van der Waals surface area contributed by atoms with Gasteiger partial charge in [0, 0.05) is 23.4 Å². The highest BCUT2D eigenvalue weighted by Crippen LogP contribution is 2.42. The maximum Gasteiger partial charge on any atom is 0.226 e. The Morgan fingerprint density at radius 2 is 2.27 bits per heavy atom. The standard InChI is InChI=1S/C23H25N5O3S2/c1-12-10-31-6-5-28(12)23(29)13-3-4-14-18(7-13)32-22-20(14)21(24-11-25-22)26-15-9-19-16(27-33-19)8-17(15)30-2/h8-9,11-13,27H,3-7,10H2,1-2H3,(H,24,25,26)/t12-,13+/m1/s1. The van der Waals surface area contributed by atoms with Crippen LogP contribution in [0.3, 0.4) is 0 Å². The summed E-state index contributed by atoms with van der Waals surface area (Å²) >= 11 is 3.29. The molecular weight excluding hydrogens is 458 g/mol. The monoisotopic (exact) mass is 483 g/mol. The van der Waals surface area contributed by atoms with E-state index < -0.39 is 0 Å². The largest absolute Gasteiger partial charge is 0.494 e. The number of hydrogen-bond acceptors (Lipinski definition) is 8. The Bertz CT molecular complexity index is 1340. The number of fused-ring (bicyclic) bond motifs is 4. The molecule has 0 unspecified atom stereocenters. The van der Waals surface area contributed by atoms with E-state index in [4.69, 9.17) is 9.47 Å². The van der Waals surface area contributed by atoms with Crippen LogP contribution in [0.4, 0.5) is 11.5 Å². The zero-order valence-electron chi connectivity index (χ0n) is 18.5. The number of benzene rings is 1. The molecule has 6 rings (SSSR count). The molecule has 4 aromatic rings. The number of aromatic nitrogens is 3. The van der Waals surface area contributed by atoms with Gasteiger partial charge < -0.3 is 24.1 Å². The van der Waals surface area contributed by atoms with Gasteiger partial charge in [-0.15, -0.1) is 11.3 Å². The van der Waals surface area contributed by atoms with E-state index in [0.717, 1.165) is 52.3 Å². The van der Waals surface area contributed by atoms with Gasteiger partial charge in [-0.3, -0.25) is 4.79 Å². The number of amides is 1. The summed E-state index contributed by atoms with van der Waals surface area (Å²) in [4.78, 5) is 26.6. The smallest absolute Gasteiger partial charge is 0.226 e. The maximum atomic E-state index is 13.2. The number of nitrogens with zero attached hydrogens (tertiary/aromatic N) is 3. The first-order valence-corrected chi connectivity index (χ1v) is 12.8. The van der Waals surface area contributed by atoms with Gasteiger partial charge >= 0.3 is 0 Å². The molecule has 8 nitrogen and oxygen atoms in total. The zero-order valence-corrected chi connectivity index (χ0v) is 20.1. The lowest BCUT2D eigenvalue weighted by atomic mass is 9.86. The fourth-order valence-corrected chi connectivity index (χ4v) is 6.79. The van der Waals surface area contributed by atoms with E-state index in [9.17, 15) is 4.79 Å². The van der Waals surface area contributed by atoms with Gasteiger partial charge in [-0.05, 0) is 37.8 Å². The minimum atomic E-state index is 0.0214. The average Bonchev–Trinajstić information content (AvgIpc) is 3.19. The molecule has 1 aliphatic carbocycles. The Hall–Kier alpha value is -2.69. The SMILES string of the molecule is COc1cc2[nH]sc2cc1Nc1ncnc2sc3c(c12)CC[C@H](C(=O)N1CCOC[C@H]1C)C3. The third kappa shape index (κ3) is 3.56. The Morgan fingerprint density at radius 3 is 3.06 bits per heavy atom. The van der Waals surface area contributed by atoms with Crippen molar-refractivity contribution in [3.8, 4) is 5.75 Å². The van der Waals surface area contributed by atoms with Crippen LogP contribution in [0, 0.1) is 5.92 Å². The third-order valence-electron chi connectivity index (χ3n) is 6.67. The molecular formula is C23H25N5O3S2. The predicted molar refractivity (Wildman–Crippen MR) is 131 cm³/mol. The predicted octanol–water partition coefficient (Wildman–Crippen LogP) is 4.34. The van der Waals surface area contributed by atoms with E-state index in [1.807, 2.05) is 11.0 Å². The number of anilines is 2. The summed E-state index contributed by atoms with van der Waals surface area (Å²) in [5.41, 5.74) is 3.24. The molecule has 0 saturated carbocycles. The summed E-state index contributed by atoms with van der Waals surface area (Å²) in [6.07, 6.45) is 4.08. The topological polar surface area (TPSA) is 92.4 Å². The van der Waals surface area contributed by atoms with Crippen molar-refractivity contribution in [3.05, 3.63) is 28.9 Å². The summed E-state index contributed by atoms with van der Waals surface area (Å²) < 4.78 is 15.5. The zero-order chi connectivity index (χ0) is 22.5. The number of aromatic amines is 1. The van der Waals surface area contributed by atoms with E-state index >= 15 is 0 Å². The first-order chi connectivity index (χ1) is 16.1. The number of methoxy groups -OCH3 is 1. The van der Waals surface area contributed by atoms with Gasteiger partial charge in [0.25, 0.3) is 0 Å². The van der Waals surface area contributed by atoms with Gasteiger partial charge in [-0.1, -0.05) is 11.5 Å². The van der Waals surface area contributed by atoms with Crippen molar-refractivity contribution in [2.24, 2.45) is 5.92 Å². The maximum absolute atomic E-state index is 13.2. The second-order valence-corrected chi connectivity index (χ2v) is 10.6. The number of aryl methyl sites for hydroxylation is 1. The summed E-state index contributed by atoms with van der Waals surface area (Å²) in [5.74, 6) is 1.84. The van der Waals surface area contributed by atoms with Gasteiger partial charge in [0.15, 0.2) is 0 Å². The minimum Gasteiger partial charge on any atom is -0.494 e. The number of carbonyl (C=O) groups excluding carboxylic acids is 1. The first-order valence-electron chi connectivity index (χ1n) is 11.2. The summed E-state index contributed by atoms with van der Waals surface area (Å²) in [6, 6.07) is 4.22. The van der Waals surface area contributed by atoms with Gasteiger partial charge in [0.05, 0.1) is 47.7 Å². The highest BCUT2D eigenvalue weighted by atomic mass is 32.1. The van der Waals surface area contributed by atoms with Gasteiger partial charge in [0.1, 0.15) is 22.7 Å². The highest BCUT2D eigenvalue weighted by Gasteiger charge is 2.34. The molecule has 10 heteroatoms. The number of thiophene rings is 1. The normalized spacial score (nSPS) is 20.8. The lowest BCUT2D eigenvalue weighted by molar-refractivity contribution is -0.143. The van der Waals surface area contributed by atoms with Crippen LogP contribution in [0.2, 0.25) is 0 Å². The lowest BCUT2D eigenvalue weighted by Gasteiger charge is -2.36. The highest BCUT2D eigenvalue weighted by molar-refractivity contribution is 7.19. The summed E-state index contributed by atoms with van der Waals surface area (Å²) in [7, 11) is 1.67. The molecule has 3 aromatic heterocycles. The molecule has 1 saturated heterocycles. The quantitative estimate of drug-likeness (QED) is 0.449. The molecule has 1 fully saturated rings. The van der Waals surface area contributed by atoms with Crippen LogP contribution in [0.1, 0.15) is 23.8 Å². The van der Waals surface area contributed by atoms with Crippen molar-refractivity contribution in [2.75, 3.05) is 32.2 Å². The van der Waals surface area contributed by atoms with E-state index in [-0.39, 0.29) is 17.9 Å². The Morgan fingerprint density at radius 1 is 1.36 bits per heavy atom. The number of carbonyl (C=O) groups is 1. The number of H-pyrrole nitrogens is 1. The molecule has 1 aliphatic heterocycles. The van der Waals surface area contributed by atoms with E-state index in [1.54, 1.807) is 36.3 Å². The molecule has 1 amide bonds. The Balaban J connectivity index is 1.31. The van der Waals surface area contributed by atoms with Crippen molar-refractivity contribution in [1.29, 1.82) is 0 Å². The van der Waals surface area contributed by atoms with Gasteiger partial charge in [-0.2, -0.15) is 0 Å². The summed E-state index contributed by atoms with van der Waals surface area (Å²) in [5, 5.41) is 4.56. The molecule has 2 N–H and O–H groups in total. The first kappa shape index (κ1) is 20.9. The van der Waals surface area contributed by atoms with Crippen LogP contribution in [-0.2, 0) is 22.4 Å². The number of rotatable bonds is 4. The Kier molecular flexibility index (Phi) is 5.23. The van der Waals surface area contributed by atoms with Crippen molar-refractivity contribution in [3.63, 3.8) is 0 Å². The molecule has 172 valence electrons. The molecule has 0 radical (unpaired) electrons. The molecule has 4 heterocycles. The number of nitrogens with one attached hydrogen (secondary N) is 2. The molecule has 1 aromatic carbocycles. The van der Waals surface area contributed by atoms with E-state index in [2.05, 4.69) is 32.6 Å². The molecule has 0 bridgehead atoms. The number of morpholine rings is 1. The summed E-state index contributed by atoms with van der Waals surface area (Å²) in [6.45, 7) is 4.00. The van der Waals surface area contributed by atoms with Crippen molar-refractivity contribution in [2.45, 2.75) is 32.2 Å². The second-order valence-electron chi connectivity index (χ2n) is 8.68. The lowest BCUT2D eigenvalue weighted by Crippen LogP contribution is -2.50. The van der Waals surface area contributed by atoms with E-state index in [1.165, 1.54) is 15.1 Å². The van der Waals surface area contributed by atoms with Crippen molar-refractivity contribution >= 4 is 60.7 Å². The van der Waals surface area contributed by atoms with Crippen LogP contribution in [-0.4, -0.2) is 58.1 Å². The molecule has 2 atom stereocenters. The van der Waals surface area contributed by atoms with Crippen molar-refractivity contribution < 1.29 is 14.3 Å². The minimum absolute atomic E-state index is 0.0214. The molecule has 33 heavy (non-hydrogen) atoms. The Labute approximate surface area is 199 Å². The number of hydrogen-bond donors (Lipinski definition) is 2. The van der Waals surface area contributed by atoms with Crippen LogP contribution >= 0.6 is 22.9 Å². The fraction of sp³-hybridized carbons (Fsp3) is 0.435. The van der Waals surface area contributed by atoms with Gasteiger partial charge in [0.2, 0.25) is 5.91 Å². The molecule has 0 spiro atoms. The second kappa shape index (κ2) is 8.27. The van der Waals surface area contributed by atoms with Crippen molar-refractivity contribution in [1.82, 2.24) is 19.2 Å². The average molecular weight is 484 g/mol. The van der Waals surface area contributed by atoms with Crippen LogP contribution < -0.4 is 10.1 Å². The third-order valence-corrected chi connectivity index (χ3v) is 8.71.